The number of halogens is 1. The van der Waals surface area contributed by atoms with Crippen molar-refractivity contribution in [1.82, 2.24) is 15.3 Å². The van der Waals surface area contributed by atoms with Gasteiger partial charge in [-0.15, -0.1) is 12.4 Å². The molecule has 1 aromatic heterocycles. The first-order chi connectivity index (χ1) is 17.0. The van der Waals surface area contributed by atoms with Crippen LogP contribution in [0.25, 0.3) is 11.0 Å². The predicted octanol–water partition coefficient (Wildman–Crippen LogP) is 5.68. The molecule has 0 saturated carbocycles. The molecular formula is C26H21ClN4O4S. The highest BCUT2D eigenvalue weighted by Gasteiger charge is 2.31. The average Bonchev–Trinajstić information content (AvgIpc) is 3.42. The van der Waals surface area contributed by atoms with E-state index in [0.29, 0.717) is 35.1 Å². The third kappa shape index (κ3) is 5.62. The summed E-state index contributed by atoms with van der Waals surface area (Å²) >= 11 is 1.02. The average molecular weight is 521 g/mol. The summed E-state index contributed by atoms with van der Waals surface area (Å²) in [5, 5.41) is 10.5. The summed E-state index contributed by atoms with van der Waals surface area (Å²) in [5.74, 6) is 2.40. The van der Waals surface area contributed by atoms with Gasteiger partial charge >= 0.3 is 0 Å². The van der Waals surface area contributed by atoms with Gasteiger partial charge in [-0.05, 0) is 67.4 Å². The number of nitriles is 1. The Kier molecular flexibility index (Phi) is 7.48. The van der Waals surface area contributed by atoms with Crippen LogP contribution in [0.3, 0.4) is 0 Å². The predicted molar refractivity (Wildman–Crippen MR) is 139 cm³/mol. The molecule has 182 valence electrons. The van der Waals surface area contributed by atoms with Crippen molar-refractivity contribution in [2.75, 3.05) is 0 Å². The molecule has 8 nitrogen and oxygen atoms in total. The number of fused-ring (bicyclic) bond motifs is 1. The fraction of sp³-hybridized carbons (Fsp3) is 0.154. The van der Waals surface area contributed by atoms with E-state index < -0.39 is 5.25 Å². The van der Waals surface area contributed by atoms with Crippen LogP contribution in [-0.2, 0) is 11.2 Å². The molecule has 0 bridgehead atoms. The minimum absolute atomic E-state index is 0. The topological polar surface area (TPSA) is 117 Å². The molecule has 2 heterocycles. The summed E-state index contributed by atoms with van der Waals surface area (Å²) in [6.45, 7) is 1.91. The van der Waals surface area contributed by atoms with E-state index in [1.54, 1.807) is 24.3 Å². The van der Waals surface area contributed by atoms with Gasteiger partial charge in [0.15, 0.2) is 6.10 Å². The molecule has 0 aliphatic carbocycles. The molecule has 2 atom stereocenters. The molecule has 36 heavy (non-hydrogen) atoms. The first-order valence-corrected chi connectivity index (χ1v) is 11.8. The van der Waals surface area contributed by atoms with E-state index in [1.165, 1.54) is 0 Å². The van der Waals surface area contributed by atoms with E-state index in [0.717, 1.165) is 28.4 Å². The number of rotatable bonds is 7. The van der Waals surface area contributed by atoms with Crippen molar-refractivity contribution in [2.24, 2.45) is 0 Å². The normalized spacial score (nSPS) is 15.6. The molecular weight excluding hydrogens is 500 g/mol. The van der Waals surface area contributed by atoms with Crippen LogP contribution in [0, 0.1) is 11.3 Å². The number of nitrogens with zero attached hydrogens (tertiary/aromatic N) is 2. The number of aromatic amines is 1. The van der Waals surface area contributed by atoms with Gasteiger partial charge in [0.2, 0.25) is 5.91 Å². The number of carbonyl (C=O) groups excluding carboxylic acids is 2. The number of nitrogens with one attached hydrogen (secondary N) is 2. The maximum Gasteiger partial charge on any atom is 0.286 e. The molecule has 4 aromatic rings. The zero-order chi connectivity index (χ0) is 24.4. The monoisotopic (exact) mass is 520 g/mol. The molecule has 10 heteroatoms. The van der Waals surface area contributed by atoms with E-state index in [4.69, 9.17) is 14.7 Å². The Bertz CT molecular complexity index is 1450. The van der Waals surface area contributed by atoms with Crippen molar-refractivity contribution >= 4 is 46.3 Å². The van der Waals surface area contributed by atoms with E-state index in [-0.39, 0.29) is 29.7 Å². The van der Waals surface area contributed by atoms with Gasteiger partial charge < -0.3 is 14.5 Å². The number of benzene rings is 3. The highest BCUT2D eigenvalue weighted by molar-refractivity contribution is 8.15. The fourth-order valence-corrected chi connectivity index (χ4v) is 4.56. The van der Waals surface area contributed by atoms with Crippen molar-refractivity contribution < 1.29 is 19.1 Å². The third-order valence-electron chi connectivity index (χ3n) is 5.50. The molecule has 0 spiro atoms. The lowest BCUT2D eigenvalue weighted by Crippen LogP contribution is -2.25. The SMILES string of the molecule is CC(Oc1ccc(CC2SC(=O)NC2=O)cc1)c1nc2ccc(Oc3ccc(C#N)cc3)cc2[nH]1.Cl. The second-order valence-electron chi connectivity index (χ2n) is 8.03. The van der Waals surface area contributed by atoms with Crippen molar-refractivity contribution in [3.63, 3.8) is 0 Å². The van der Waals surface area contributed by atoms with Gasteiger partial charge in [0, 0.05) is 6.07 Å². The molecule has 1 fully saturated rings. The van der Waals surface area contributed by atoms with Crippen LogP contribution < -0.4 is 14.8 Å². The number of imide groups is 1. The molecule has 1 aliphatic rings. The summed E-state index contributed by atoms with van der Waals surface area (Å²) in [4.78, 5) is 31.0. The van der Waals surface area contributed by atoms with Crippen LogP contribution in [-0.4, -0.2) is 26.4 Å². The van der Waals surface area contributed by atoms with Crippen molar-refractivity contribution in [1.29, 1.82) is 5.26 Å². The van der Waals surface area contributed by atoms with E-state index >= 15 is 0 Å². The van der Waals surface area contributed by atoms with Crippen LogP contribution in [0.15, 0.2) is 66.7 Å². The lowest BCUT2D eigenvalue weighted by Gasteiger charge is -2.13. The van der Waals surface area contributed by atoms with Crippen LogP contribution in [0.2, 0.25) is 0 Å². The Labute approximate surface area is 217 Å². The first kappa shape index (κ1) is 25.1. The summed E-state index contributed by atoms with van der Waals surface area (Å²) in [6.07, 6.45) is 0.152. The molecule has 2 amide bonds. The maximum atomic E-state index is 11.8. The Balaban J connectivity index is 0.00000304. The van der Waals surface area contributed by atoms with Gasteiger partial charge in [-0.3, -0.25) is 14.9 Å². The van der Waals surface area contributed by atoms with Crippen LogP contribution in [0.1, 0.15) is 30.0 Å². The minimum Gasteiger partial charge on any atom is -0.483 e. The second-order valence-corrected chi connectivity index (χ2v) is 9.21. The Morgan fingerprint density at radius 3 is 2.39 bits per heavy atom. The lowest BCUT2D eigenvalue weighted by molar-refractivity contribution is -0.118. The van der Waals surface area contributed by atoms with Crippen molar-refractivity contribution in [3.05, 3.63) is 83.7 Å². The number of hydrogen-bond acceptors (Lipinski definition) is 7. The number of H-pyrrole nitrogens is 1. The largest absolute Gasteiger partial charge is 0.483 e. The lowest BCUT2D eigenvalue weighted by atomic mass is 10.1. The zero-order valence-corrected chi connectivity index (χ0v) is 20.7. The summed E-state index contributed by atoms with van der Waals surface area (Å²) < 4.78 is 11.9. The number of carbonyl (C=O) groups is 2. The van der Waals surface area contributed by atoms with Gasteiger partial charge in [-0.25, -0.2) is 4.98 Å². The third-order valence-corrected chi connectivity index (χ3v) is 6.48. The highest BCUT2D eigenvalue weighted by Crippen LogP contribution is 2.28. The molecule has 5 rings (SSSR count). The Morgan fingerprint density at radius 2 is 1.72 bits per heavy atom. The van der Waals surface area contributed by atoms with Gasteiger partial charge in [0.05, 0.1) is 27.9 Å². The smallest absolute Gasteiger partial charge is 0.286 e. The van der Waals surface area contributed by atoms with Crippen LogP contribution in [0.5, 0.6) is 17.2 Å². The molecule has 2 unspecified atom stereocenters. The Hall–Kier alpha value is -4.00. The van der Waals surface area contributed by atoms with Gasteiger partial charge in [-0.1, -0.05) is 23.9 Å². The molecule has 0 radical (unpaired) electrons. The standard InChI is InChI=1S/C26H20N4O4S.ClH/c1-15(33-18-6-2-16(3-7-18)12-23-25(31)30-26(32)35-23)24-28-21-11-10-20(13-22(21)29-24)34-19-8-4-17(14-27)5-9-19;/h2-11,13,15,23H,12H2,1H3,(H,28,29)(H,30,31,32);1H. The van der Waals surface area contributed by atoms with Crippen LogP contribution >= 0.6 is 24.2 Å². The molecule has 3 aromatic carbocycles. The maximum absolute atomic E-state index is 11.8. The van der Waals surface area contributed by atoms with E-state index in [2.05, 4.69) is 21.4 Å². The number of aromatic nitrogens is 2. The number of ether oxygens (including phenoxy) is 2. The first-order valence-electron chi connectivity index (χ1n) is 10.9. The minimum atomic E-state index is -0.394. The summed E-state index contributed by atoms with van der Waals surface area (Å²) in [6, 6.07) is 22.1. The van der Waals surface area contributed by atoms with Crippen molar-refractivity contribution in [2.45, 2.75) is 24.7 Å². The zero-order valence-electron chi connectivity index (χ0n) is 19.1. The van der Waals surface area contributed by atoms with Crippen molar-refractivity contribution in [3.8, 4) is 23.3 Å². The molecule has 1 aliphatic heterocycles. The number of thioether (sulfide) groups is 1. The van der Waals surface area contributed by atoms with Crippen LogP contribution in [0.4, 0.5) is 4.79 Å². The second kappa shape index (κ2) is 10.7. The number of imidazole rings is 1. The number of hydrogen-bond donors (Lipinski definition) is 2. The molecule has 1 saturated heterocycles. The molecule has 2 N–H and O–H groups in total. The quantitative estimate of drug-likeness (QED) is 0.322. The summed E-state index contributed by atoms with van der Waals surface area (Å²) in [5.41, 5.74) is 3.14. The Morgan fingerprint density at radius 1 is 1.03 bits per heavy atom. The van der Waals surface area contributed by atoms with E-state index in [9.17, 15) is 9.59 Å². The highest BCUT2D eigenvalue weighted by atomic mass is 35.5. The fourth-order valence-electron chi connectivity index (χ4n) is 3.70. The summed E-state index contributed by atoms with van der Waals surface area (Å²) in [7, 11) is 0. The number of amides is 2. The van der Waals surface area contributed by atoms with Gasteiger partial charge in [0.25, 0.3) is 5.24 Å². The van der Waals surface area contributed by atoms with Gasteiger partial charge in [-0.2, -0.15) is 5.26 Å². The van der Waals surface area contributed by atoms with Gasteiger partial charge in [0.1, 0.15) is 23.1 Å². The van der Waals surface area contributed by atoms with E-state index in [1.807, 2.05) is 49.4 Å².